The first-order valence-electron chi connectivity index (χ1n) is 5.87. The Hall–Kier alpha value is -1.77. The molecular weight excluding hydrogens is 352 g/mol. The van der Waals surface area contributed by atoms with Crippen LogP contribution in [-0.4, -0.2) is 6.26 Å². The lowest BCUT2D eigenvalue weighted by molar-refractivity contribution is 0.421. The quantitative estimate of drug-likeness (QED) is 0.388. The minimum atomic E-state index is -2.16. The molecule has 0 aromatic heterocycles. The van der Waals surface area contributed by atoms with Gasteiger partial charge in [0, 0.05) is 5.56 Å². The molecule has 0 N–H and O–H groups in total. The molecule has 0 saturated carbocycles. The van der Waals surface area contributed by atoms with Crippen molar-refractivity contribution in [1.82, 2.24) is 0 Å². The molecule has 0 radical (unpaired) electrons. The molecular formula is C14H6F8S. The van der Waals surface area contributed by atoms with Gasteiger partial charge < -0.3 is 0 Å². The summed E-state index contributed by atoms with van der Waals surface area (Å²) in [5.41, 5.74) is -4.79. The van der Waals surface area contributed by atoms with Crippen LogP contribution in [0.25, 0.3) is 11.1 Å². The maximum absolute atomic E-state index is 13.9. The second-order valence-corrected chi connectivity index (χ2v) is 5.24. The first kappa shape index (κ1) is 17.6. The normalized spacial score (nSPS) is 11.2. The topological polar surface area (TPSA) is 0 Å². The van der Waals surface area contributed by atoms with E-state index in [0.717, 1.165) is 6.26 Å². The fourth-order valence-electron chi connectivity index (χ4n) is 1.97. The smallest absolute Gasteiger partial charge is 0.176 e. The molecule has 0 unspecified atom stereocenters. The van der Waals surface area contributed by atoms with Crippen molar-refractivity contribution in [2.45, 2.75) is 11.8 Å². The van der Waals surface area contributed by atoms with E-state index in [0.29, 0.717) is 18.7 Å². The number of hydrogen-bond donors (Lipinski definition) is 0. The average molecular weight is 358 g/mol. The Morgan fingerprint density at radius 1 is 0.522 bits per heavy atom. The van der Waals surface area contributed by atoms with Gasteiger partial charge in [0.05, 0.1) is 16.0 Å². The molecule has 0 atom stereocenters. The zero-order valence-corrected chi connectivity index (χ0v) is 12.2. The Bertz CT molecular complexity index is 757. The molecule has 0 spiro atoms. The van der Waals surface area contributed by atoms with Crippen molar-refractivity contribution >= 4 is 11.8 Å². The summed E-state index contributed by atoms with van der Waals surface area (Å²) in [4.78, 5) is -1.07. The van der Waals surface area contributed by atoms with Crippen LogP contribution in [0.4, 0.5) is 35.1 Å². The lowest BCUT2D eigenvalue weighted by atomic mass is 9.99. The summed E-state index contributed by atoms with van der Waals surface area (Å²) in [5.74, 6) is -16.3. The Morgan fingerprint density at radius 3 is 1.13 bits per heavy atom. The van der Waals surface area contributed by atoms with E-state index in [1.807, 2.05) is 0 Å². The maximum Gasteiger partial charge on any atom is 0.176 e. The lowest BCUT2D eigenvalue weighted by Crippen LogP contribution is -2.09. The van der Waals surface area contributed by atoms with Crippen molar-refractivity contribution in [3.05, 3.63) is 52.1 Å². The number of thioether (sulfide) groups is 1. The van der Waals surface area contributed by atoms with Crippen LogP contribution in [0.2, 0.25) is 0 Å². The monoisotopic (exact) mass is 358 g/mol. The van der Waals surface area contributed by atoms with Gasteiger partial charge in [0.25, 0.3) is 0 Å². The summed E-state index contributed by atoms with van der Waals surface area (Å²) in [6, 6.07) is 0. The largest absolute Gasteiger partial charge is 0.203 e. The highest BCUT2D eigenvalue weighted by atomic mass is 32.2. The molecule has 23 heavy (non-hydrogen) atoms. The third-order valence-corrected chi connectivity index (χ3v) is 3.93. The molecule has 9 heteroatoms. The van der Waals surface area contributed by atoms with E-state index >= 15 is 0 Å². The van der Waals surface area contributed by atoms with Gasteiger partial charge in [0.1, 0.15) is 0 Å². The summed E-state index contributed by atoms with van der Waals surface area (Å²) >= 11 is 0.306. The van der Waals surface area contributed by atoms with Crippen molar-refractivity contribution in [1.29, 1.82) is 0 Å². The van der Waals surface area contributed by atoms with E-state index in [1.165, 1.54) is 0 Å². The molecule has 0 aliphatic carbocycles. The summed E-state index contributed by atoms with van der Waals surface area (Å²) in [5, 5.41) is 0. The van der Waals surface area contributed by atoms with Gasteiger partial charge in [-0.2, -0.15) is 0 Å². The highest BCUT2D eigenvalue weighted by Crippen LogP contribution is 2.39. The van der Waals surface area contributed by atoms with Crippen molar-refractivity contribution in [3.8, 4) is 11.1 Å². The van der Waals surface area contributed by atoms with Gasteiger partial charge in [-0.1, -0.05) is 0 Å². The van der Waals surface area contributed by atoms with Crippen LogP contribution in [0.5, 0.6) is 0 Å². The number of benzene rings is 2. The van der Waals surface area contributed by atoms with Gasteiger partial charge in [-0.25, -0.2) is 35.1 Å². The third-order valence-electron chi connectivity index (χ3n) is 3.16. The van der Waals surface area contributed by atoms with Crippen LogP contribution in [0.15, 0.2) is 4.90 Å². The predicted molar refractivity (Wildman–Crippen MR) is 68.1 cm³/mol. The highest BCUT2D eigenvalue weighted by molar-refractivity contribution is 7.98. The highest BCUT2D eigenvalue weighted by Gasteiger charge is 2.32. The lowest BCUT2D eigenvalue weighted by Gasteiger charge is -2.14. The second kappa shape index (κ2) is 6.03. The fourth-order valence-corrected chi connectivity index (χ4v) is 2.51. The Kier molecular flexibility index (Phi) is 4.61. The number of halogens is 8. The van der Waals surface area contributed by atoms with Crippen molar-refractivity contribution in [3.63, 3.8) is 0 Å². The minimum Gasteiger partial charge on any atom is -0.203 e. The van der Waals surface area contributed by atoms with Crippen LogP contribution < -0.4 is 0 Å². The predicted octanol–water partition coefficient (Wildman–Crippen LogP) is 5.50. The summed E-state index contributed by atoms with van der Waals surface area (Å²) in [6.45, 7) is 0.686. The van der Waals surface area contributed by atoms with Crippen LogP contribution in [0.3, 0.4) is 0 Å². The molecule has 124 valence electrons. The van der Waals surface area contributed by atoms with Gasteiger partial charge in [-0.3, -0.25) is 0 Å². The van der Waals surface area contributed by atoms with Crippen LogP contribution >= 0.6 is 11.8 Å². The molecule has 2 rings (SSSR count). The summed E-state index contributed by atoms with van der Waals surface area (Å²) in [6.07, 6.45) is 1.10. The minimum absolute atomic E-state index is 0.306. The molecule has 0 aliphatic rings. The van der Waals surface area contributed by atoms with E-state index in [9.17, 15) is 35.1 Å². The maximum atomic E-state index is 13.9. The third kappa shape index (κ3) is 2.46. The Balaban J connectivity index is 3.01. The van der Waals surface area contributed by atoms with E-state index in [-0.39, 0.29) is 0 Å². The molecule has 0 nitrogen and oxygen atoms in total. The van der Waals surface area contributed by atoms with Crippen molar-refractivity contribution in [2.24, 2.45) is 0 Å². The first-order chi connectivity index (χ1) is 10.6. The molecule has 0 amide bonds. The van der Waals surface area contributed by atoms with Gasteiger partial charge in [0.2, 0.25) is 0 Å². The number of hydrogen-bond acceptors (Lipinski definition) is 1. The molecule has 0 heterocycles. The van der Waals surface area contributed by atoms with Gasteiger partial charge in [-0.05, 0) is 13.2 Å². The Morgan fingerprint density at radius 2 is 0.826 bits per heavy atom. The second-order valence-electron chi connectivity index (χ2n) is 4.42. The van der Waals surface area contributed by atoms with Crippen molar-refractivity contribution in [2.75, 3.05) is 6.26 Å². The molecule has 0 fully saturated rings. The van der Waals surface area contributed by atoms with Gasteiger partial charge in [-0.15, -0.1) is 11.8 Å². The van der Waals surface area contributed by atoms with Crippen LogP contribution in [0.1, 0.15) is 5.56 Å². The van der Waals surface area contributed by atoms with E-state index < -0.39 is 68.1 Å². The zero-order chi connectivity index (χ0) is 17.6. The molecule has 0 saturated heterocycles. The fraction of sp³-hybridized carbons (Fsp3) is 0.143. The van der Waals surface area contributed by atoms with Gasteiger partial charge in [0.15, 0.2) is 46.5 Å². The van der Waals surface area contributed by atoms with Crippen LogP contribution in [0, 0.1) is 53.5 Å². The molecule has 0 bridgehead atoms. The number of rotatable bonds is 2. The standard InChI is InChI=1S/C14H6F8S/c1-3-6(15)8(17)4(9(18)7(3)16)5-10(19)12(21)14(23-2)13(22)11(5)20/h1-2H3. The van der Waals surface area contributed by atoms with E-state index in [1.54, 1.807) is 0 Å². The Labute approximate surface area is 129 Å². The van der Waals surface area contributed by atoms with Crippen molar-refractivity contribution < 1.29 is 35.1 Å². The van der Waals surface area contributed by atoms with E-state index in [2.05, 4.69) is 0 Å². The molecule has 0 aliphatic heterocycles. The molecule has 2 aromatic carbocycles. The SMILES string of the molecule is CSc1c(F)c(F)c(-c2c(F)c(F)c(C)c(F)c2F)c(F)c1F. The molecule has 2 aromatic rings. The summed E-state index contributed by atoms with van der Waals surface area (Å²) in [7, 11) is 0. The first-order valence-corrected chi connectivity index (χ1v) is 7.10. The average Bonchev–Trinajstić information content (AvgIpc) is 2.53. The summed E-state index contributed by atoms with van der Waals surface area (Å²) < 4.78 is 110. The van der Waals surface area contributed by atoms with E-state index in [4.69, 9.17) is 0 Å². The van der Waals surface area contributed by atoms with Gasteiger partial charge >= 0.3 is 0 Å². The zero-order valence-electron chi connectivity index (χ0n) is 11.4. The van der Waals surface area contributed by atoms with Crippen LogP contribution in [-0.2, 0) is 0 Å².